The van der Waals surface area contributed by atoms with Gasteiger partial charge in [0, 0.05) is 6.21 Å². The maximum Gasteiger partial charge on any atom is 0.119 e. The van der Waals surface area contributed by atoms with Gasteiger partial charge in [-0.05, 0) is 66.8 Å². The van der Waals surface area contributed by atoms with Crippen molar-refractivity contribution >= 4 is 11.9 Å². The molecule has 2 aromatic rings. The molecule has 0 heterocycles. The zero-order valence-corrected chi connectivity index (χ0v) is 17.8. The lowest BCUT2D eigenvalue weighted by atomic mass is 10.0. The second-order valence-corrected chi connectivity index (χ2v) is 7.57. The van der Waals surface area contributed by atoms with Crippen LogP contribution in [-0.2, 0) is 6.42 Å². The number of aliphatic imine (C=N–C) groups is 1. The van der Waals surface area contributed by atoms with Crippen molar-refractivity contribution in [3.05, 3.63) is 59.7 Å². The number of rotatable bonds is 14. The average Bonchev–Trinajstić information content (AvgIpc) is 2.74. The van der Waals surface area contributed by atoms with Crippen LogP contribution in [0.3, 0.4) is 0 Å². The molecule has 2 heteroatoms. The number of benzene rings is 2. The van der Waals surface area contributed by atoms with Crippen LogP contribution >= 0.6 is 0 Å². The molecule has 2 aromatic carbocycles. The number of hydrogen-bond donors (Lipinski definition) is 0. The van der Waals surface area contributed by atoms with Gasteiger partial charge in [-0.3, -0.25) is 4.99 Å². The van der Waals surface area contributed by atoms with Crippen LogP contribution in [-0.4, -0.2) is 12.8 Å². The Kier molecular flexibility index (Phi) is 11.1. The molecule has 0 unspecified atom stereocenters. The van der Waals surface area contributed by atoms with Crippen LogP contribution in [0.2, 0.25) is 0 Å². The minimum atomic E-state index is 0.763. The van der Waals surface area contributed by atoms with E-state index < -0.39 is 0 Å². The molecule has 0 saturated carbocycles. The summed E-state index contributed by atoms with van der Waals surface area (Å²) in [7, 11) is 0. The Balaban J connectivity index is 1.68. The number of aryl methyl sites for hydroxylation is 1. The SMILES string of the molecule is CCCCCCCCCCc1ccc(N=Cc2ccc(OCCC)cc2)cc1. The molecule has 0 radical (unpaired) electrons. The van der Waals surface area contributed by atoms with E-state index >= 15 is 0 Å². The number of ether oxygens (including phenoxy) is 1. The zero-order valence-electron chi connectivity index (χ0n) is 17.8. The highest BCUT2D eigenvalue weighted by Crippen LogP contribution is 2.17. The standard InChI is InChI=1S/C26H37NO/c1-3-5-6-7-8-9-10-11-12-23-13-17-25(18-14-23)27-22-24-15-19-26(20-16-24)28-21-4-2/h13-20,22H,3-12,21H2,1-2H3. The highest BCUT2D eigenvalue weighted by molar-refractivity contribution is 5.82. The molecule has 0 spiro atoms. The van der Waals surface area contributed by atoms with E-state index in [0.29, 0.717) is 0 Å². The highest BCUT2D eigenvalue weighted by Gasteiger charge is 1.97. The molecule has 0 aliphatic carbocycles. The van der Waals surface area contributed by atoms with Crippen molar-refractivity contribution < 1.29 is 4.74 Å². The van der Waals surface area contributed by atoms with Crippen LogP contribution in [0, 0.1) is 0 Å². The van der Waals surface area contributed by atoms with E-state index in [-0.39, 0.29) is 0 Å². The third kappa shape index (κ3) is 9.21. The Bertz CT molecular complexity index is 658. The van der Waals surface area contributed by atoms with Gasteiger partial charge in [0.15, 0.2) is 0 Å². The van der Waals surface area contributed by atoms with E-state index in [1.165, 1.54) is 63.4 Å². The lowest BCUT2D eigenvalue weighted by Gasteiger charge is -2.04. The van der Waals surface area contributed by atoms with Crippen molar-refractivity contribution in [3.8, 4) is 5.75 Å². The van der Waals surface area contributed by atoms with E-state index in [1.807, 2.05) is 30.5 Å². The van der Waals surface area contributed by atoms with Crippen molar-refractivity contribution in [3.63, 3.8) is 0 Å². The molecule has 0 bridgehead atoms. The topological polar surface area (TPSA) is 21.6 Å². The van der Waals surface area contributed by atoms with Crippen molar-refractivity contribution in [1.82, 2.24) is 0 Å². The molecule has 0 aromatic heterocycles. The van der Waals surface area contributed by atoms with Gasteiger partial charge in [-0.15, -0.1) is 0 Å². The fraction of sp³-hybridized carbons (Fsp3) is 0.500. The molecular formula is C26H37NO. The third-order valence-electron chi connectivity index (χ3n) is 4.97. The van der Waals surface area contributed by atoms with Gasteiger partial charge in [-0.25, -0.2) is 0 Å². The Morgan fingerprint density at radius 2 is 1.36 bits per heavy atom. The Hall–Kier alpha value is -2.09. The predicted octanol–water partition coefficient (Wildman–Crippen LogP) is 7.91. The van der Waals surface area contributed by atoms with Crippen LogP contribution in [0.4, 0.5) is 5.69 Å². The molecule has 0 aliphatic heterocycles. The molecule has 0 saturated heterocycles. The van der Waals surface area contributed by atoms with E-state index in [2.05, 4.69) is 43.1 Å². The van der Waals surface area contributed by atoms with Gasteiger partial charge in [0.25, 0.3) is 0 Å². The summed E-state index contributed by atoms with van der Waals surface area (Å²) < 4.78 is 5.61. The summed E-state index contributed by atoms with van der Waals surface area (Å²) in [5.74, 6) is 0.921. The minimum absolute atomic E-state index is 0.763. The van der Waals surface area contributed by atoms with Gasteiger partial charge in [0.05, 0.1) is 12.3 Å². The Morgan fingerprint density at radius 1 is 0.714 bits per heavy atom. The Morgan fingerprint density at radius 3 is 2.00 bits per heavy atom. The summed E-state index contributed by atoms with van der Waals surface area (Å²) in [6.45, 7) is 5.15. The predicted molar refractivity (Wildman–Crippen MR) is 122 cm³/mol. The zero-order chi connectivity index (χ0) is 19.9. The van der Waals surface area contributed by atoms with E-state index in [0.717, 1.165) is 30.0 Å². The van der Waals surface area contributed by atoms with Gasteiger partial charge >= 0.3 is 0 Å². The molecule has 0 fully saturated rings. The van der Waals surface area contributed by atoms with Crippen LogP contribution < -0.4 is 4.74 Å². The molecule has 152 valence electrons. The summed E-state index contributed by atoms with van der Waals surface area (Å²) in [5.41, 5.74) is 3.51. The Labute approximate surface area is 172 Å². The van der Waals surface area contributed by atoms with Crippen molar-refractivity contribution in [2.45, 2.75) is 78.1 Å². The van der Waals surface area contributed by atoms with Gasteiger partial charge in [-0.2, -0.15) is 0 Å². The van der Waals surface area contributed by atoms with E-state index in [1.54, 1.807) is 0 Å². The fourth-order valence-corrected chi connectivity index (χ4v) is 3.23. The van der Waals surface area contributed by atoms with Crippen molar-refractivity contribution in [2.75, 3.05) is 6.61 Å². The van der Waals surface area contributed by atoms with Gasteiger partial charge in [0.1, 0.15) is 5.75 Å². The first-order chi connectivity index (χ1) is 13.8. The number of unbranched alkanes of at least 4 members (excludes halogenated alkanes) is 7. The maximum atomic E-state index is 5.61. The summed E-state index contributed by atoms with van der Waals surface area (Å²) in [5, 5.41) is 0. The van der Waals surface area contributed by atoms with Crippen molar-refractivity contribution in [2.24, 2.45) is 4.99 Å². The maximum absolute atomic E-state index is 5.61. The molecule has 0 atom stereocenters. The third-order valence-corrected chi connectivity index (χ3v) is 4.97. The lowest BCUT2D eigenvalue weighted by molar-refractivity contribution is 0.317. The smallest absolute Gasteiger partial charge is 0.119 e. The molecule has 0 aliphatic rings. The molecule has 0 amide bonds. The van der Waals surface area contributed by atoms with Crippen LogP contribution in [0.1, 0.15) is 82.8 Å². The monoisotopic (exact) mass is 379 g/mol. The van der Waals surface area contributed by atoms with Gasteiger partial charge in [0.2, 0.25) is 0 Å². The van der Waals surface area contributed by atoms with Crippen LogP contribution in [0.15, 0.2) is 53.5 Å². The first-order valence-corrected chi connectivity index (χ1v) is 11.2. The first kappa shape index (κ1) is 22.2. The molecular weight excluding hydrogens is 342 g/mol. The van der Waals surface area contributed by atoms with Gasteiger partial charge in [-0.1, -0.05) is 70.9 Å². The summed E-state index contributed by atoms with van der Waals surface area (Å²) in [4.78, 5) is 4.59. The number of hydrogen-bond acceptors (Lipinski definition) is 2. The first-order valence-electron chi connectivity index (χ1n) is 11.2. The lowest BCUT2D eigenvalue weighted by Crippen LogP contribution is -1.94. The average molecular weight is 380 g/mol. The highest BCUT2D eigenvalue weighted by atomic mass is 16.5. The fourth-order valence-electron chi connectivity index (χ4n) is 3.23. The molecule has 28 heavy (non-hydrogen) atoms. The van der Waals surface area contributed by atoms with Crippen LogP contribution in [0.25, 0.3) is 0 Å². The normalized spacial score (nSPS) is 11.2. The summed E-state index contributed by atoms with van der Waals surface area (Å²) in [6.07, 6.45) is 15.1. The largest absolute Gasteiger partial charge is 0.494 e. The summed E-state index contributed by atoms with van der Waals surface area (Å²) >= 11 is 0. The van der Waals surface area contributed by atoms with E-state index in [9.17, 15) is 0 Å². The second kappa shape index (κ2) is 14.0. The van der Waals surface area contributed by atoms with E-state index in [4.69, 9.17) is 4.74 Å². The quantitative estimate of drug-likeness (QED) is 0.241. The molecule has 2 nitrogen and oxygen atoms in total. The van der Waals surface area contributed by atoms with Crippen molar-refractivity contribution in [1.29, 1.82) is 0 Å². The second-order valence-electron chi connectivity index (χ2n) is 7.57. The van der Waals surface area contributed by atoms with Gasteiger partial charge < -0.3 is 4.74 Å². The van der Waals surface area contributed by atoms with Crippen LogP contribution in [0.5, 0.6) is 5.75 Å². The molecule has 0 N–H and O–H groups in total. The molecule has 2 rings (SSSR count). The minimum Gasteiger partial charge on any atom is -0.494 e. The summed E-state index contributed by atoms with van der Waals surface area (Å²) in [6, 6.07) is 16.8. The number of nitrogens with zero attached hydrogens (tertiary/aromatic N) is 1.